The summed E-state index contributed by atoms with van der Waals surface area (Å²) >= 11 is 0. The van der Waals surface area contributed by atoms with Crippen LogP contribution in [0.1, 0.15) is 25.7 Å². The van der Waals surface area contributed by atoms with E-state index in [0.717, 1.165) is 38.8 Å². The normalized spacial score (nSPS) is 17.2. The Balaban J connectivity index is 2.15. The molecule has 0 aliphatic carbocycles. The van der Waals surface area contributed by atoms with E-state index >= 15 is 0 Å². The van der Waals surface area contributed by atoms with E-state index in [2.05, 4.69) is 16.8 Å². The summed E-state index contributed by atoms with van der Waals surface area (Å²) in [4.78, 5) is 13.9. The van der Waals surface area contributed by atoms with Crippen LogP contribution in [0.4, 0.5) is 0 Å². The number of aliphatic hydroxyl groups excluding tert-OH is 1. The van der Waals surface area contributed by atoms with Crippen molar-refractivity contribution in [2.24, 2.45) is 5.92 Å². The van der Waals surface area contributed by atoms with Gasteiger partial charge < -0.3 is 15.3 Å². The number of likely N-dealkylation sites (tertiary alicyclic amines) is 1. The van der Waals surface area contributed by atoms with Crippen LogP contribution in [0.15, 0.2) is 12.8 Å². The fraction of sp³-hybridized carbons (Fsp3) is 0.750. The lowest BCUT2D eigenvalue weighted by atomic mass is 9.96. The molecule has 0 aromatic heterocycles. The van der Waals surface area contributed by atoms with Gasteiger partial charge in [-0.25, -0.2) is 0 Å². The van der Waals surface area contributed by atoms with Crippen molar-refractivity contribution in [3.05, 3.63) is 12.8 Å². The van der Waals surface area contributed by atoms with Crippen molar-refractivity contribution in [1.82, 2.24) is 10.2 Å². The Labute approximate surface area is 97.3 Å². The van der Waals surface area contributed by atoms with E-state index < -0.39 is 0 Å². The van der Waals surface area contributed by atoms with Crippen molar-refractivity contribution >= 4 is 5.91 Å². The van der Waals surface area contributed by atoms with Gasteiger partial charge in [-0.3, -0.25) is 4.79 Å². The quantitative estimate of drug-likeness (QED) is 0.657. The maximum Gasteiger partial charge on any atom is 0.223 e. The van der Waals surface area contributed by atoms with Gasteiger partial charge >= 0.3 is 0 Å². The van der Waals surface area contributed by atoms with Crippen molar-refractivity contribution in [1.29, 1.82) is 0 Å². The van der Waals surface area contributed by atoms with Crippen LogP contribution in [0.3, 0.4) is 0 Å². The van der Waals surface area contributed by atoms with Crippen molar-refractivity contribution in [2.45, 2.75) is 25.7 Å². The molecule has 1 aliphatic heterocycles. The molecule has 0 bridgehead atoms. The lowest BCUT2D eigenvalue weighted by Crippen LogP contribution is -2.38. The number of rotatable bonds is 6. The van der Waals surface area contributed by atoms with Gasteiger partial charge in [0.2, 0.25) is 5.91 Å². The van der Waals surface area contributed by atoms with Crippen LogP contribution in [0.5, 0.6) is 0 Å². The highest BCUT2D eigenvalue weighted by molar-refractivity contribution is 5.78. The standard InChI is InChI=1S/C12H22N2O2/c1-2-14-8-5-11(6-9-14)12(16)13-7-3-4-10-15/h2,11,15H,1,3-10H2,(H,13,16). The molecule has 4 nitrogen and oxygen atoms in total. The molecule has 0 atom stereocenters. The Morgan fingerprint density at radius 3 is 2.69 bits per heavy atom. The molecule has 4 heteroatoms. The molecule has 1 rings (SSSR count). The average Bonchev–Trinajstić information content (AvgIpc) is 2.34. The van der Waals surface area contributed by atoms with Crippen LogP contribution in [0.2, 0.25) is 0 Å². The molecule has 1 amide bonds. The van der Waals surface area contributed by atoms with E-state index in [0.29, 0.717) is 6.54 Å². The summed E-state index contributed by atoms with van der Waals surface area (Å²) in [5, 5.41) is 11.5. The fourth-order valence-corrected chi connectivity index (χ4v) is 1.94. The van der Waals surface area contributed by atoms with Gasteiger partial charge in [-0.2, -0.15) is 0 Å². The van der Waals surface area contributed by atoms with E-state index in [1.54, 1.807) is 0 Å². The number of unbranched alkanes of at least 4 members (excludes halogenated alkanes) is 1. The van der Waals surface area contributed by atoms with Gasteiger partial charge in [0.1, 0.15) is 0 Å². The van der Waals surface area contributed by atoms with Crippen molar-refractivity contribution < 1.29 is 9.90 Å². The van der Waals surface area contributed by atoms with Gasteiger partial charge in [-0.15, -0.1) is 0 Å². The van der Waals surface area contributed by atoms with Gasteiger partial charge in [0.05, 0.1) is 0 Å². The summed E-state index contributed by atoms with van der Waals surface area (Å²) in [5.41, 5.74) is 0. The second kappa shape index (κ2) is 7.28. The molecule has 1 aliphatic rings. The molecular weight excluding hydrogens is 204 g/mol. The zero-order valence-corrected chi connectivity index (χ0v) is 9.82. The Bertz CT molecular complexity index is 223. The number of nitrogens with one attached hydrogen (secondary N) is 1. The fourth-order valence-electron chi connectivity index (χ4n) is 1.94. The van der Waals surface area contributed by atoms with Crippen molar-refractivity contribution in [2.75, 3.05) is 26.2 Å². The summed E-state index contributed by atoms with van der Waals surface area (Å²) < 4.78 is 0. The van der Waals surface area contributed by atoms with Gasteiger partial charge in [-0.05, 0) is 31.9 Å². The SMILES string of the molecule is C=CN1CCC(C(=O)NCCCCO)CC1. The molecule has 0 aromatic rings. The smallest absolute Gasteiger partial charge is 0.223 e. The number of hydrogen-bond acceptors (Lipinski definition) is 3. The minimum atomic E-state index is 0.158. The lowest BCUT2D eigenvalue weighted by molar-refractivity contribution is -0.126. The first-order chi connectivity index (χ1) is 7.77. The summed E-state index contributed by atoms with van der Waals surface area (Å²) in [6, 6.07) is 0. The molecule has 0 saturated carbocycles. The molecule has 2 N–H and O–H groups in total. The van der Waals surface area contributed by atoms with Crippen LogP contribution in [-0.2, 0) is 4.79 Å². The molecule has 1 heterocycles. The Kier molecular flexibility index (Phi) is 5.93. The molecule has 16 heavy (non-hydrogen) atoms. The molecule has 0 radical (unpaired) electrons. The molecule has 1 saturated heterocycles. The maximum absolute atomic E-state index is 11.7. The molecule has 1 fully saturated rings. The number of amides is 1. The van der Waals surface area contributed by atoms with Crippen molar-refractivity contribution in [3.63, 3.8) is 0 Å². The van der Waals surface area contributed by atoms with Gasteiger partial charge in [0, 0.05) is 32.2 Å². The van der Waals surface area contributed by atoms with E-state index in [-0.39, 0.29) is 18.4 Å². The van der Waals surface area contributed by atoms with E-state index in [9.17, 15) is 4.79 Å². The highest BCUT2D eigenvalue weighted by atomic mass is 16.2. The molecule has 0 aromatic carbocycles. The monoisotopic (exact) mass is 226 g/mol. The summed E-state index contributed by atoms with van der Waals surface area (Å²) in [6.07, 6.45) is 5.29. The number of hydrogen-bond donors (Lipinski definition) is 2. The topological polar surface area (TPSA) is 52.6 Å². The van der Waals surface area contributed by atoms with Gasteiger partial charge in [0.25, 0.3) is 0 Å². The largest absolute Gasteiger partial charge is 0.396 e. The number of piperidine rings is 1. The Hall–Kier alpha value is -1.03. The van der Waals surface area contributed by atoms with Crippen LogP contribution in [0.25, 0.3) is 0 Å². The van der Waals surface area contributed by atoms with E-state index in [4.69, 9.17) is 5.11 Å². The second-order valence-electron chi connectivity index (χ2n) is 4.21. The number of aliphatic hydroxyl groups is 1. The summed E-state index contributed by atoms with van der Waals surface area (Å²) in [5.74, 6) is 0.326. The van der Waals surface area contributed by atoms with Gasteiger partial charge in [0.15, 0.2) is 0 Å². The van der Waals surface area contributed by atoms with Crippen LogP contribution < -0.4 is 5.32 Å². The minimum Gasteiger partial charge on any atom is -0.396 e. The zero-order chi connectivity index (χ0) is 11.8. The molecule has 92 valence electrons. The van der Waals surface area contributed by atoms with Crippen LogP contribution in [-0.4, -0.2) is 42.2 Å². The molecule has 0 spiro atoms. The predicted molar refractivity (Wildman–Crippen MR) is 63.8 cm³/mol. The number of carbonyl (C=O) groups is 1. The summed E-state index contributed by atoms with van der Waals surface area (Å²) in [7, 11) is 0. The first-order valence-electron chi connectivity index (χ1n) is 6.03. The highest BCUT2D eigenvalue weighted by Crippen LogP contribution is 2.17. The van der Waals surface area contributed by atoms with Crippen LogP contribution >= 0.6 is 0 Å². The van der Waals surface area contributed by atoms with E-state index in [1.807, 2.05) is 6.20 Å². The average molecular weight is 226 g/mol. The van der Waals surface area contributed by atoms with Crippen LogP contribution in [0, 0.1) is 5.92 Å². The third kappa shape index (κ3) is 4.23. The molecular formula is C12H22N2O2. The third-order valence-corrected chi connectivity index (χ3v) is 3.04. The molecule has 0 unspecified atom stereocenters. The zero-order valence-electron chi connectivity index (χ0n) is 9.82. The Morgan fingerprint density at radius 1 is 1.44 bits per heavy atom. The third-order valence-electron chi connectivity index (χ3n) is 3.04. The second-order valence-corrected chi connectivity index (χ2v) is 4.21. The van der Waals surface area contributed by atoms with Crippen molar-refractivity contribution in [3.8, 4) is 0 Å². The van der Waals surface area contributed by atoms with Gasteiger partial charge in [-0.1, -0.05) is 6.58 Å². The first-order valence-corrected chi connectivity index (χ1v) is 6.03. The lowest BCUT2D eigenvalue weighted by Gasteiger charge is -2.30. The van der Waals surface area contributed by atoms with E-state index in [1.165, 1.54) is 0 Å². The Morgan fingerprint density at radius 2 is 2.12 bits per heavy atom. The minimum absolute atomic E-state index is 0.158. The maximum atomic E-state index is 11.7. The highest BCUT2D eigenvalue weighted by Gasteiger charge is 2.22. The summed E-state index contributed by atoms with van der Waals surface area (Å²) in [6.45, 7) is 6.47. The number of carbonyl (C=O) groups excluding carboxylic acids is 1. The first kappa shape index (κ1) is 13.0. The predicted octanol–water partition coefficient (Wildman–Crippen LogP) is 0.731. The number of nitrogens with zero attached hydrogens (tertiary/aromatic N) is 1.